The average Bonchev–Trinajstić information content (AvgIpc) is 2.30. The number of sulfone groups is 1. The molecule has 0 saturated carbocycles. The third-order valence-corrected chi connectivity index (χ3v) is 4.80. The van der Waals surface area contributed by atoms with E-state index in [1.807, 2.05) is 4.72 Å². The SMILES string of the molecule is COC(=O)CCC(NS(=O)(=O)CCS(C)(=O)=O)C(=O)O. The van der Waals surface area contributed by atoms with Crippen LogP contribution in [0.15, 0.2) is 0 Å². The van der Waals surface area contributed by atoms with Crippen molar-refractivity contribution >= 4 is 31.8 Å². The van der Waals surface area contributed by atoms with E-state index < -0.39 is 49.3 Å². The van der Waals surface area contributed by atoms with Gasteiger partial charge in [0, 0.05) is 12.7 Å². The molecule has 9 nitrogen and oxygen atoms in total. The van der Waals surface area contributed by atoms with Crippen molar-refractivity contribution in [2.45, 2.75) is 18.9 Å². The van der Waals surface area contributed by atoms with Crippen LogP contribution in [0.4, 0.5) is 0 Å². The summed E-state index contributed by atoms with van der Waals surface area (Å²) in [5.41, 5.74) is 0. The van der Waals surface area contributed by atoms with Crippen LogP contribution in [-0.2, 0) is 34.2 Å². The molecule has 1 unspecified atom stereocenters. The van der Waals surface area contributed by atoms with Crippen LogP contribution in [0.3, 0.4) is 0 Å². The molecular weight excluding hydrogens is 314 g/mol. The minimum atomic E-state index is -4.08. The summed E-state index contributed by atoms with van der Waals surface area (Å²) >= 11 is 0. The number of aliphatic carboxylic acids is 1. The summed E-state index contributed by atoms with van der Waals surface area (Å²) in [7, 11) is -6.44. The van der Waals surface area contributed by atoms with Crippen LogP contribution < -0.4 is 4.72 Å². The Morgan fingerprint density at radius 1 is 1.20 bits per heavy atom. The van der Waals surface area contributed by atoms with Gasteiger partial charge in [0.1, 0.15) is 15.9 Å². The molecule has 0 aromatic carbocycles. The van der Waals surface area contributed by atoms with Crippen LogP contribution in [-0.4, -0.2) is 64.8 Å². The number of carbonyl (C=O) groups excluding carboxylic acids is 1. The second-order valence-corrected chi connectivity index (χ2v) is 8.21. The van der Waals surface area contributed by atoms with Crippen molar-refractivity contribution in [3.05, 3.63) is 0 Å². The molecule has 0 bridgehead atoms. The highest BCUT2D eigenvalue weighted by atomic mass is 32.2. The van der Waals surface area contributed by atoms with Crippen LogP contribution in [0.1, 0.15) is 12.8 Å². The summed E-state index contributed by atoms with van der Waals surface area (Å²) in [6.07, 6.45) is 0.302. The van der Waals surface area contributed by atoms with E-state index in [1.54, 1.807) is 0 Å². The van der Waals surface area contributed by atoms with E-state index in [9.17, 15) is 26.4 Å². The molecule has 0 aliphatic rings. The maximum absolute atomic E-state index is 11.6. The molecule has 118 valence electrons. The number of nitrogens with one attached hydrogen (secondary N) is 1. The lowest BCUT2D eigenvalue weighted by molar-refractivity contribution is -0.142. The molecule has 11 heteroatoms. The van der Waals surface area contributed by atoms with Crippen LogP contribution >= 0.6 is 0 Å². The monoisotopic (exact) mass is 331 g/mol. The Kier molecular flexibility index (Phi) is 7.09. The lowest BCUT2D eigenvalue weighted by Crippen LogP contribution is -2.43. The fraction of sp³-hybridized carbons (Fsp3) is 0.778. The van der Waals surface area contributed by atoms with E-state index in [2.05, 4.69) is 4.74 Å². The maximum Gasteiger partial charge on any atom is 0.321 e. The molecule has 0 aromatic rings. The predicted octanol–water partition coefficient (Wildman–Crippen LogP) is -1.64. The topological polar surface area (TPSA) is 144 Å². The van der Waals surface area contributed by atoms with E-state index in [-0.39, 0.29) is 12.8 Å². The normalized spacial score (nSPS) is 13.7. The molecule has 1 atom stereocenters. The van der Waals surface area contributed by atoms with Crippen molar-refractivity contribution < 1.29 is 36.3 Å². The van der Waals surface area contributed by atoms with Crippen molar-refractivity contribution in [3.8, 4) is 0 Å². The summed E-state index contributed by atoms with van der Waals surface area (Å²) < 4.78 is 51.0. The van der Waals surface area contributed by atoms with E-state index in [1.165, 1.54) is 0 Å². The number of ether oxygens (including phenoxy) is 1. The summed E-state index contributed by atoms with van der Waals surface area (Å²) in [5.74, 6) is -3.50. The van der Waals surface area contributed by atoms with Gasteiger partial charge in [-0.3, -0.25) is 9.59 Å². The molecule has 0 heterocycles. The van der Waals surface area contributed by atoms with E-state index in [0.717, 1.165) is 13.4 Å². The van der Waals surface area contributed by atoms with Gasteiger partial charge in [0.05, 0.1) is 18.6 Å². The van der Waals surface area contributed by atoms with Crippen molar-refractivity contribution in [1.29, 1.82) is 0 Å². The zero-order chi connectivity index (χ0) is 16.0. The number of sulfonamides is 1. The molecular formula is C9H17NO8S2. The molecule has 20 heavy (non-hydrogen) atoms. The zero-order valence-electron chi connectivity index (χ0n) is 11.0. The number of carboxylic acid groups (broad SMARTS) is 1. The smallest absolute Gasteiger partial charge is 0.321 e. The van der Waals surface area contributed by atoms with E-state index in [0.29, 0.717) is 0 Å². The molecule has 2 N–H and O–H groups in total. The van der Waals surface area contributed by atoms with Gasteiger partial charge in [0.2, 0.25) is 10.0 Å². The Morgan fingerprint density at radius 3 is 2.15 bits per heavy atom. The van der Waals surface area contributed by atoms with Crippen molar-refractivity contribution in [1.82, 2.24) is 4.72 Å². The van der Waals surface area contributed by atoms with Crippen molar-refractivity contribution in [3.63, 3.8) is 0 Å². The third-order valence-electron chi connectivity index (χ3n) is 2.21. The van der Waals surface area contributed by atoms with Gasteiger partial charge < -0.3 is 9.84 Å². The Labute approximate surface area is 117 Å². The molecule has 0 aliphatic carbocycles. The van der Waals surface area contributed by atoms with Gasteiger partial charge in [-0.1, -0.05) is 0 Å². The lowest BCUT2D eigenvalue weighted by atomic mass is 10.2. The first kappa shape index (κ1) is 18.8. The van der Waals surface area contributed by atoms with Crippen molar-refractivity contribution in [2.24, 2.45) is 0 Å². The summed E-state index contributed by atoms with van der Waals surface area (Å²) in [5, 5.41) is 8.85. The summed E-state index contributed by atoms with van der Waals surface area (Å²) in [6, 6.07) is -1.52. The zero-order valence-corrected chi connectivity index (χ0v) is 12.7. The number of hydrogen-bond donors (Lipinski definition) is 2. The predicted molar refractivity (Wildman–Crippen MR) is 69.3 cm³/mol. The highest BCUT2D eigenvalue weighted by Gasteiger charge is 2.25. The molecule has 0 spiro atoms. The van der Waals surface area contributed by atoms with Crippen LogP contribution in [0.25, 0.3) is 0 Å². The fourth-order valence-electron chi connectivity index (χ4n) is 1.13. The van der Waals surface area contributed by atoms with Gasteiger partial charge >= 0.3 is 11.9 Å². The van der Waals surface area contributed by atoms with Gasteiger partial charge in [0.15, 0.2) is 0 Å². The number of carboxylic acids is 1. The minimum absolute atomic E-state index is 0.276. The molecule has 0 amide bonds. The first-order valence-electron chi connectivity index (χ1n) is 5.44. The highest BCUT2D eigenvalue weighted by Crippen LogP contribution is 2.02. The number of hydrogen-bond acceptors (Lipinski definition) is 7. The largest absolute Gasteiger partial charge is 0.480 e. The number of esters is 1. The van der Waals surface area contributed by atoms with Crippen LogP contribution in [0, 0.1) is 0 Å². The second kappa shape index (κ2) is 7.55. The molecule has 0 rings (SSSR count). The van der Waals surface area contributed by atoms with Gasteiger partial charge in [-0.05, 0) is 6.42 Å². The second-order valence-electron chi connectivity index (χ2n) is 4.07. The minimum Gasteiger partial charge on any atom is -0.480 e. The molecule has 0 aliphatic heterocycles. The Bertz CT molecular complexity index is 550. The first-order chi connectivity index (χ1) is 8.97. The van der Waals surface area contributed by atoms with Gasteiger partial charge in [-0.15, -0.1) is 0 Å². The van der Waals surface area contributed by atoms with Crippen LogP contribution in [0.5, 0.6) is 0 Å². The van der Waals surface area contributed by atoms with E-state index in [4.69, 9.17) is 5.11 Å². The molecule has 0 fully saturated rings. The third kappa shape index (κ3) is 8.82. The maximum atomic E-state index is 11.6. The molecule has 0 aromatic heterocycles. The average molecular weight is 331 g/mol. The van der Waals surface area contributed by atoms with Gasteiger partial charge in [0.25, 0.3) is 0 Å². The standard InChI is InChI=1S/C9H17NO8S2/c1-18-8(11)4-3-7(9(12)13)10-20(16,17)6-5-19(2,14)15/h7,10H,3-6H2,1-2H3,(H,12,13). The quantitative estimate of drug-likeness (QED) is 0.478. The fourth-order valence-corrected chi connectivity index (χ4v) is 3.99. The molecule has 0 radical (unpaired) electrons. The van der Waals surface area contributed by atoms with Crippen molar-refractivity contribution in [2.75, 3.05) is 24.9 Å². The Morgan fingerprint density at radius 2 is 1.75 bits per heavy atom. The Balaban J connectivity index is 4.65. The highest BCUT2D eigenvalue weighted by molar-refractivity contribution is 7.93. The Hall–Kier alpha value is -1.20. The van der Waals surface area contributed by atoms with E-state index >= 15 is 0 Å². The number of carbonyl (C=O) groups is 2. The van der Waals surface area contributed by atoms with Gasteiger partial charge in [-0.2, -0.15) is 0 Å². The summed E-state index contributed by atoms with van der Waals surface area (Å²) in [6.45, 7) is 0. The lowest BCUT2D eigenvalue weighted by Gasteiger charge is -2.13. The first-order valence-corrected chi connectivity index (χ1v) is 9.15. The van der Waals surface area contributed by atoms with Gasteiger partial charge in [-0.25, -0.2) is 21.6 Å². The number of methoxy groups -OCH3 is 1. The molecule has 0 saturated heterocycles. The number of rotatable bonds is 9. The van der Waals surface area contributed by atoms with Crippen LogP contribution in [0.2, 0.25) is 0 Å². The summed E-state index contributed by atoms with van der Waals surface area (Å²) in [4.78, 5) is 21.8.